The molecule has 2 N–H and O–H groups in total. The molecule has 1 saturated heterocycles. The van der Waals surface area contributed by atoms with Crippen LogP contribution >= 0.6 is 0 Å². The van der Waals surface area contributed by atoms with Crippen molar-refractivity contribution >= 4 is 11.9 Å². The maximum atomic E-state index is 12.3. The third-order valence-electron chi connectivity index (χ3n) is 5.08. The van der Waals surface area contributed by atoms with Crippen molar-refractivity contribution in [2.75, 3.05) is 13.2 Å². The lowest BCUT2D eigenvalue weighted by molar-refractivity contribution is -0.152. The van der Waals surface area contributed by atoms with Gasteiger partial charge in [-0.3, -0.25) is 4.79 Å². The third kappa shape index (κ3) is 4.91. The number of nitrogens with one attached hydrogen (secondary N) is 1. The van der Waals surface area contributed by atoms with E-state index in [1.54, 1.807) is 6.92 Å². The fourth-order valence-electron chi connectivity index (χ4n) is 3.25. The smallest absolute Gasteiger partial charge is 0.329 e. The second kappa shape index (κ2) is 8.11. The van der Waals surface area contributed by atoms with Crippen molar-refractivity contribution in [2.24, 2.45) is 5.92 Å². The fourth-order valence-corrected chi connectivity index (χ4v) is 3.25. The van der Waals surface area contributed by atoms with Crippen molar-refractivity contribution in [3.05, 3.63) is 0 Å². The molecule has 2 rings (SSSR count). The van der Waals surface area contributed by atoms with Gasteiger partial charge >= 0.3 is 5.97 Å². The molecule has 1 aliphatic carbocycles. The number of hydrogen-bond donors (Lipinski definition) is 2. The van der Waals surface area contributed by atoms with Gasteiger partial charge in [0.2, 0.25) is 5.91 Å². The van der Waals surface area contributed by atoms with Crippen LogP contribution in [0.1, 0.15) is 58.8 Å². The van der Waals surface area contributed by atoms with E-state index in [1.807, 2.05) is 0 Å². The Kier molecular flexibility index (Phi) is 6.41. The summed E-state index contributed by atoms with van der Waals surface area (Å²) in [7, 11) is 0. The number of carboxylic acid groups (broad SMARTS) is 1. The molecule has 1 aliphatic heterocycles. The number of ether oxygens (including phenoxy) is 2. The van der Waals surface area contributed by atoms with Gasteiger partial charge in [-0.25, -0.2) is 4.79 Å². The summed E-state index contributed by atoms with van der Waals surface area (Å²) in [6, 6.07) is 0. The largest absolute Gasteiger partial charge is 0.480 e. The van der Waals surface area contributed by atoms with Crippen molar-refractivity contribution in [2.45, 2.75) is 76.5 Å². The maximum absolute atomic E-state index is 12.3. The Hall–Kier alpha value is -1.14. The number of carbonyl (C=O) groups excluding carboxylic acids is 1. The van der Waals surface area contributed by atoms with E-state index in [-0.39, 0.29) is 12.0 Å². The van der Waals surface area contributed by atoms with Crippen LogP contribution < -0.4 is 5.32 Å². The lowest BCUT2D eigenvalue weighted by Crippen LogP contribution is -2.58. The van der Waals surface area contributed by atoms with Crippen LogP contribution in [0.4, 0.5) is 0 Å². The first kappa shape index (κ1) is 18.2. The molecule has 2 fully saturated rings. The van der Waals surface area contributed by atoms with Gasteiger partial charge in [0.15, 0.2) is 0 Å². The Morgan fingerprint density at radius 3 is 2.57 bits per heavy atom. The number of amides is 1. The molecule has 2 aliphatic rings. The molecule has 0 aromatic carbocycles. The van der Waals surface area contributed by atoms with E-state index >= 15 is 0 Å². The topological polar surface area (TPSA) is 84.9 Å². The molecular weight excluding hydrogens is 298 g/mol. The second-order valence-electron chi connectivity index (χ2n) is 7.02. The molecule has 2 unspecified atom stereocenters. The molecule has 0 spiro atoms. The molecule has 6 nitrogen and oxygen atoms in total. The highest BCUT2D eigenvalue weighted by Crippen LogP contribution is 2.32. The minimum atomic E-state index is -1.14. The van der Waals surface area contributed by atoms with E-state index in [0.29, 0.717) is 25.4 Å². The van der Waals surface area contributed by atoms with Crippen molar-refractivity contribution in [1.82, 2.24) is 5.32 Å². The van der Waals surface area contributed by atoms with Crippen molar-refractivity contribution in [3.8, 4) is 0 Å². The van der Waals surface area contributed by atoms with Crippen LogP contribution in [-0.2, 0) is 19.1 Å². The van der Waals surface area contributed by atoms with E-state index in [9.17, 15) is 14.7 Å². The van der Waals surface area contributed by atoms with Crippen LogP contribution in [-0.4, -0.2) is 47.9 Å². The summed E-state index contributed by atoms with van der Waals surface area (Å²) >= 11 is 0. The van der Waals surface area contributed by atoms with Crippen molar-refractivity contribution < 1.29 is 24.2 Å². The molecular formula is C17H29NO5. The highest BCUT2D eigenvalue weighted by molar-refractivity contribution is 5.89. The summed E-state index contributed by atoms with van der Waals surface area (Å²) in [5.41, 5.74) is -1.14. The van der Waals surface area contributed by atoms with Gasteiger partial charge in [-0.05, 0) is 57.8 Å². The zero-order valence-electron chi connectivity index (χ0n) is 14.2. The number of aliphatic carboxylic acids is 1. The Balaban J connectivity index is 1.84. The minimum Gasteiger partial charge on any atom is -0.480 e. The molecule has 2 atom stereocenters. The van der Waals surface area contributed by atoms with Crippen LogP contribution in [0.25, 0.3) is 0 Å². The summed E-state index contributed by atoms with van der Waals surface area (Å²) < 4.78 is 11.2. The Morgan fingerprint density at radius 2 is 2.00 bits per heavy atom. The van der Waals surface area contributed by atoms with E-state index in [4.69, 9.17) is 9.47 Å². The number of hydrogen-bond acceptors (Lipinski definition) is 4. The summed E-state index contributed by atoms with van der Waals surface area (Å²) in [6.07, 6.45) is 5.11. The Labute approximate surface area is 137 Å². The molecule has 0 aromatic rings. The van der Waals surface area contributed by atoms with Gasteiger partial charge in [0.1, 0.15) is 11.6 Å². The normalized spacial score (nSPS) is 33.0. The average molecular weight is 327 g/mol. The first-order valence-electron chi connectivity index (χ1n) is 8.71. The minimum absolute atomic E-state index is 0.0444. The van der Waals surface area contributed by atoms with Crippen LogP contribution in [0.5, 0.6) is 0 Å². The monoisotopic (exact) mass is 327 g/mol. The number of carbonyl (C=O) groups is 2. The van der Waals surface area contributed by atoms with E-state index < -0.39 is 17.6 Å². The predicted octanol–water partition coefficient (Wildman–Crippen LogP) is 2.11. The molecule has 0 radical (unpaired) electrons. The van der Waals surface area contributed by atoms with Gasteiger partial charge < -0.3 is 19.9 Å². The van der Waals surface area contributed by atoms with E-state index in [0.717, 1.165) is 38.7 Å². The van der Waals surface area contributed by atoms with Crippen LogP contribution in [0, 0.1) is 5.92 Å². The van der Waals surface area contributed by atoms with Crippen LogP contribution in [0.15, 0.2) is 0 Å². The molecule has 23 heavy (non-hydrogen) atoms. The van der Waals surface area contributed by atoms with E-state index in [2.05, 4.69) is 12.2 Å². The predicted molar refractivity (Wildman–Crippen MR) is 85.1 cm³/mol. The molecule has 1 heterocycles. The van der Waals surface area contributed by atoms with Gasteiger partial charge in [0.25, 0.3) is 0 Å². The van der Waals surface area contributed by atoms with Crippen molar-refractivity contribution in [1.29, 1.82) is 0 Å². The van der Waals surface area contributed by atoms with Gasteiger partial charge in [-0.15, -0.1) is 0 Å². The third-order valence-corrected chi connectivity index (χ3v) is 5.08. The van der Waals surface area contributed by atoms with E-state index in [1.165, 1.54) is 0 Å². The number of rotatable bonds is 6. The standard InChI is InChI=1S/C17H29NO5/c1-12-6-8-17(9-7-12,16(20)21)18-15(19)13(2)23-11-14-5-3-4-10-22-14/h12-14H,3-11H2,1-2H3,(H,18,19)(H,20,21). The first-order chi connectivity index (χ1) is 10.9. The maximum Gasteiger partial charge on any atom is 0.329 e. The highest BCUT2D eigenvalue weighted by atomic mass is 16.5. The van der Waals surface area contributed by atoms with Crippen LogP contribution in [0.3, 0.4) is 0 Å². The Morgan fingerprint density at radius 1 is 1.30 bits per heavy atom. The summed E-state index contributed by atoms with van der Waals surface area (Å²) in [6.45, 7) is 4.91. The average Bonchev–Trinajstić information content (AvgIpc) is 2.55. The van der Waals surface area contributed by atoms with Gasteiger partial charge in [-0.1, -0.05) is 6.92 Å². The summed E-state index contributed by atoms with van der Waals surface area (Å²) in [5, 5.41) is 12.3. The van der Waals surface area contributed by atoms with Crippen LogP contribution in [0.2, 0.25) is 0 Å². The van der Waals surface area contributed by atoms with Crippen molar-refractivity contribution in [3.63, 3.8) is 0 Å². The molecule has 0 aromatic heterocycles. The summed E-state index contributed by atoms with van der Waals surface area (Å²) in [4.78, 5) is 24.0. The quantitative estimate of drug-likeness (QED) is 0.780. The molecule has 1 saturated carbocycles. The summed E-state index contributed by atoms with van der Waals surface area (Å²) in [5.74, 6) is -0.783. The molecule has 1 amide bonds. The molecule has 6 heteroatoms. The molecule has 132 valence electrons. The highest BCUT2D eigenvalue weighted by Gasteiger charge is 2.43. The van der Waals surface area contributed by atoms with Gasteiger partial charge in [-0.2, -0.15) is 0 Å². The fraction of sp³-hybridized carbons (Fsp3) is 0.882. The lowest BCUT2D eigenvalue weighted by Gasteiger charge is -2.37. The first-order valence-corrected chi connectivity index (χ1v) is 8.71. The zero-order chi connectivity index (χ0) is 16.9. The van der Waals surface area contributed by atoms with Gasteiger partial charge in [0.05, 0.1) is 12.7 Å². The SMILES string of the molecule is CC1CCC(NC(=O)C(C)OCC2CCCCO2)(C(=O)O)CC1. The molecule has 0 bridgehead atoms. The zero-order valence-corrected chi connectivity index (χ0v) is 14.2. The lowest BCUT2D eigenvalue weighted by atomic mass is 9.77. The second-order valence-corrected chi connectivity index (χ2v) is 7.02. The Bertz CT molecular complexity index is 411. The number of carboxylic acids is 1. The van der Waals surface area contributed by atoms with Gasteiger partial charge in [0, 0.05) is 6.61 Å².